The summed E-state index contributed by atoms with van der Waals surface area (Å²) >= 11 is 1.49. The molecule has 18 heteroatoms. The molecule has 75 heavy (non-hydrogen) atoms. The molecule has 10 heterocycles. The number of carbonyl (C=O) groups excluding carboxylic acids is 4. The molecular weight excluding hydrogens is 967 g/mol. The van der Waals surface area contributed by atoms with Gasteiger partial charge in [-0.1, -0.05) is 55.0 Å². The van der Waals surface area contributed by atoms with Crippen LogP contribution in [-0.4, -0.2) is 173 Å². The van der Waals surface area contributed by atoms with Crippen LogP contribution in [0.15, 0.2) is 35.8 Å². The topological polar surface area (TPSA) is 180 Å². The number of hydrazine groups is 1. The second-order valence-corrected chi connectivity index (χ2v) is 24.8. The Morgan fingerprint density at radius 1 is 1.01 bits per heavy atom. The molecule has 17 nitrogen and oxygen atoms in total. The molecule has 3 amide bonds. The van der Waals surface area contributed by atoms with E-state index in [9.17, 15) is 19.2 Å². The van der Waals surface area contributed by atoms with Crippen LogP contribution in [0.5, 0.6) is 0 Å². The number of benzene rings is 1. The maximum Gasteiger partial charge on any atom is 0.324 e. The number of pyridine rings is 1. The van der Waals surface area contributed by atoms with Crippen molar-refractivity contribution in [2.45, 2.75) is 137 Å². The van der Waals surface area contributed by atoms with Crippen LogP contribution < -0.4 is 21.0 Å². The van der Waals surface area contributed by atoms with Crippen LogP contribution in [0.25, 0.3) is 33.4 Å². The molecule has 3 N–H and O–H groups in total. The summed E-state index contributed by atoms with van der Waals surface area (Å²) in [6.45, 7) is 25.4. The van der Waals surface area contributed by atoms with Gasteiger partial charge in [-0.15, -0.1) is 11.3 Å². The Balaban J connectivity index is 0.00000641. The van der Waals surface area contributed by atoms with Crippen LogP contribution in [0.3, 0.4) is 0 Å². The van der Waals surface area contributed by atoms with Crippen LogP contribution >= 0.6 is 11.3 Å². The summed E-state index contributed by atoms with van der Waals surface area (Å²) in [5.74, 6) is -0.597. The number of cyclic esters (lactones) is 1. The first-order valence-corrected chi connectivity index (χ1v) is 28.4. The fraction of sp³-hybridized carbons (Fsp3) is 0.649. The molecule has 1 aromatic carbocycles. The zero-order valence-corrected chi connectivity index (χ0v) is 45.4. The van der Waals surface area contributed by atoms with Gasteiger partial charge in [0.15, 0.2) is 0 Å². The Hall–Kier alpha value is -4.98. The molecule has 406 valence electrons. The summed E-state index contributed by atoms with van der Waals surface area (Å²) in [6.07, 6.45) is 5.82. The van der Waals surface area contributed by atoms with E-state index in [4.69, 9.17) is 19.4 Å². The highest BCUT2D eigenvalue weighted by Gasteiger charge is 2.49. The minimum absolute atomic E-state index is 0. The molecule has 3 aromatic heterocycles. The van der Waals surface area contributed by atoms with Gasteiger partial charge in [0.25, 0.3) is 5.91 Å². The number of ether oxygens (including phenoxy) is 2. The van der Waals surface area contributed by atoms with E-state index in [2.05, 4.69) is 120 Å². The van der Waals surface area contributed by atoms with Crippen molar-refractivity contribution in [2.75, 3.05) is 90.2 Å². The van der Waals surface area contributed by atoms with Crippen LogP contribution in [0.4, 0.5) is 5.69 Å². The van der Waals surface area contributed by atoms with E-state index in [0.717, 1.165) is 135 Å². The van der Waals surface area contributed by atoms with Gasteiger partial charge in [0.2, 0.25) is 11.8 Å². The number of thiazole rings is 1. The average Bonchev–Trinajstić information content (AvgIpc) is 3.64. The van der Waals surface area contributed by atoms with Crippen molar-refractivity contribution in [3.05, 3.63) is 52.1 Å². The Morgan fingerprint density at radius 3 is 2.60 bits per heavy atom. The molecule has 0 unspecified atom stereocenters. The minimum atomic E-state index is -0.945. The quantitative estimate of drug-likeness (QED) is 0.138. The molecule has 6 bridgehead atoms. The number of carbonyl (C=O) groups is 4. The lowest BCUT2D eigenvalue weighted by Gasteiger charge is -2.44. The van der Waals surface area contributed by atoms with Crippen molar-refractivity contribution in [1.29, 1.82) is 0 Å². The number of fused-ring (bicyclic) bond motifs is 7. The third-order valence-corrected chi connectivity index (χ3v) is 17.9. The van der Waals surface area contributed by atoms with E-state index in [1.807, 2.05) is 4.90 Å². The first-order chi connectivity index (χ1) is 35.6. The predicted molar refractivity (Wildman–Crippen MR) is 293 cm³/mol. The molecular formula is C57H81N11O6S. The molecule has 6 atom stereocenters. The van der Waals surface area contributed by atoms with E-state index >= 15 is 0 Å². The number of piperazine rings is 1. The number of hydrogen-bond donors (Lipinski definition) is 3. The number of rotatable bonds is 9. The predicted octanol–water partition coefficient (Wildman–Crippen LogP) is 5.70. The molecule has 7 aliphatic rings. The monoisotopic (exact) mass is 1050 g/mol. The molecule has 7 aliphatic heterocycles. The lowest BCUT2D eigenvalue weighted by molar-refractivity contribution is -0.155. The van der Waals surface area contributed by atoms with Crippen LogP contribution in [0.1, 0.15) is 104 Å². The van der Waals surface area contributed by atoms with Gasteiger partial charge < -0.3 is 34.5 Å². The molecule has 1 spiro atoms. The number of anilines is 1. The Kier molecular flexibility index (Phi) is 15.3. The normalized spacial score (nSPS) is 26.9. The lowest BCUT2D eigenvalue weighted by atomic mass is 9.84. The molecule has 11 rings (SSSR count). The summed E-state index contributed by atoms with van der Waals surface area (Å²) in [6, 6.07) is 7.14. The molecule has 0 aliphatic carbocycles. The van der Waals surface area contributed by atoms with Gasteiger partial charge in [-0.25, -0.2) is 10.4 Å². The van der Waals surface area contributed by atoms with Crippen molar-refractivity contribution in [3.63, 3.8) is 0 Å². The number of hydrogen-bond acceptors (Lipinski definition) is 14. The highest BCUT2D eigenvalue weighted by atomic mass is 32.1. The highest BCUT2D eigenvalue weighted by molar-refractivity contribution is 7.10. The third kappa shape index (κ3) is 10.7. The van der Waals surface area contributed by atoms with Crippen molar-refractivity contribution >= 4 is 51.6 Å². The van der Waals surface area contributed by atoms with Crippen LogP contribution in [-0.2, 0) is 48.0 Å². The maximum absolute atomic E-state index is 14.8. The number of aryl methyl sites for hydroxylation is 1. The molecule has 6 fully saturated rings. The van der Waals surface area contributed by atoms with Gasteiger partial charge in [0.05, 0.1) is 71.9 Å². The summed E-state index contributed by atoms with van der Waals surface area (Å²) in [4.78, 5) is 76.6. The SMILES string of the molecule is C.CCn1c(-c2cc(N3CCN4CCOC[C@@H]4C3)cnc2C(C)C)c2c3cc(ccc31)-c1csc(n1)C[C@H](NC(=O)[C@H](C(C)C)N1CC[C@]3(CCN(C(=O)[C@H]4CN4)C3)C1)C(=O)N1CCC[C@H](N1)C(=O)OCC(C)(C)C2. The van der Waals surface area contributed by atoms with Crippen molar-refractivity contribution < 1.29 is 28.7 Å². The summed E-state index contributed by atoms with van der Waals surface area (Å²) in [5.41, 5.74) is 11.2. The van der Waals surface area contributed by atoms with Gasteiger partial charge in [-0.2, -0.15) is 0 Å². The number of nitrogens with one attached hydrogen (secondary N) is 3. The smallest absolute Gasteiger partial charge is 0.324 e. The second kappa shape index (κ2) is 21.4. The van der Waals surface area contributed by atoms with E-state index in [0.29, 0.717) is 38.4 Å². The minimum Gasteiger partial charge on any atom is -0.464 e. The number of amides is 3. The van der Waals surface area contributed by atoms with E-state index < -0.39 is 29.5 Å². The Bertz CT molecular complexity index is 2790. The van der Waals surface area contributed by atoms with Gasteiger partial charge in [0, 0.05) is 110 Å². The molecule has 0 saturated carbocycles. The zero-order valence-electron chi connectivity index (χ0n) is 44.6. The van der Waals surface area contributed by atoms with E-state index in [-0.39, 0.29) is 61.5 Å². The largest absolute Gasteiger partial charge is 0.464 e. The summed E-state index contributed by atoms with van der Waals surface area (Å²) < 4.78 is 14.6. The average molecular weight is 1050 g/mol. The lowest BCUT2D eigenvalue weighted by Crippen LogP contribution is -2.62. The molecule has 6 saturated heterocycles. The van der Waals surface area contributed by atoms with Crippen molar-refractivity contribution in [2.24, 2.45) is 16.7 Å². The first kappa shape index (κ1) is 53.4. The van der Waals surface area contributed by atoms with Gasteiger partial charge in [-0.3, -0.25) is 39.0 Å². The van der Waals surface area contributed by atoms with Gasteiger partial charge in [-0.05, 0) is 81.2 Å². The first-order valence-electron chi connectivity index (χ1n) is 27.6. The number of aromatic nitrogens is 3. The Labute approximate surface area is 447 Å². The maximum atomic E-state index is 14.8. The standard InChI is InChI=1S/C56H77N11O6S.CH4/c1-8-66-46-12-11-36-22-39(46)41(50(66)40-23-37(26-58-48(40)34(2)3)63-19-18-62-20-21-72-29-38(62)28-63)25-55(6,7)33-73-54(71)42-10-9-15-67(61-42)53(70)43(24-47-59-45(36)30-74-47)60-51(68)49(35(4)5)64-16-13-56(31-64)14-17-65(32-56)52(69)44-27-57-44;/h11-12,22-23,26,30,34-35,38,42-44,49,57,61H,8-10,13-21,24-25,27-29,31-33H2,1-7H3,(H,60,68);1H4/t38-,42-,43-,44+,49-,56-;/m0./s1. The third-order valence-electron chi connectivity index (χ3n) is 17.0. The zero-order chi connectivity index (χ0) is 51.6. The van der Waals surface area contributed by atoms with Crippen LogP contribution in [0.2, 0.25) is 0 Å². The Morgan fingerprint density at radius 2 is 1.83 bits per heavy atom. The van der Waals surface area contributed by atoms with Crippen molar-refractivity contribution in [3.8, 4) is 22.5 Å². The fourth-order valence-corrected chi connectivity index (χ4v) is 13.9. The summed E-state index contributed by atoms with van der Waals surface area (Å²) in [5, 5.41) is 11.8. The van der Waals surface area contributed by atoms with Gasteiger partial charge in [0.1, 0.15) is 12.1 Å². The van der Waals surface area contributed by atoms with Gasteiger partial charge >= 0.3 is 5.97 Å². The second-order valence-electron chi connectivity index (χ2n) is 23.8. The fourth-order valence-electron chi connectivity index (χ4n) is 13.0. The summed E-state index contributed by atoms with van der Waals surface area (Å²) in [7, 11) is 0. The van der Waals surface area contributed by atoms with E-state index in [1.165, 1.54) is 21.9 Å². The highest BCUT2D eigenvalue weighted by Crippen LogP contribution is 2.44. The van der Waals surface area contributed by atoms with Crippen LogP contribution in [0, 0.1) is 16.7 Å². The number of morpholine rings is 1. The van der Waals surface area contributed by atoms with E-state index in [1.54, 1.807) is 0 Å². The van der Waals surface area contributed by atoms with Crippen molar-refractivity contribution in [1.82, 2.24) is 50.3 Å². The number of nitrogens with zero attached hydrogens (tertiary/aromatic N) is 8. The molecule has 0 radical (unpaired) electrons. The number of esters is 1. The molecule has 4 aromatic rings. The number of likely N-dealkylation sites (tertiary alicyclic amines) is 2.